The minimum Gasteiger partial charge on any atom is -0.385 e. The lowest BCUT2D eigenvalue weighted by Crippen LogP contribution is -2.15. The summed E-state index contributed by atoms with van der Waals surface area (Å²) in [4.78, 5) is 0.231. The van der Waals surface area contributed by atoms with E-state index < -0.39 is 10.0 Å². The van der Waals surface area contributed by atoms with Crippen LogP contribution in [0.3, 0.4) is 0 Å². The Balaban J connectivity index is 1.91. The average molecular weight is 293 g/mol. The first kappa shape index (κ1) is 13.0. The van der Waals surface area contributed by atoms with Gasteiger partial charge in [0.15, 0.2) is 0 Å². The van der Waals surface area contributed by atoms with Crippen LogP contribution in [0, 0.1) is 6.92 Å². The third-order valence-corrected chi connectivity index (χ3v) is 4.53. The van der Waals surface area contributed by atoms with E-state index in [9.17, 15) is 8.42 Å². The van der Waals surface area contributed by atoms with E-state index in [0.29, 0.717) is 5.69 Å². The Morgan fingerprint density at radius 3 is 2.95 bits per heavy atom. The molecule has 0 spiro atoms. The zero-order valence-electron chi connectivity index (χ0n) is 11.0. The molecule has 1 aromatic heterocycles. The zero-order chi connectivity index (χ0) is 14.2. The van der Waals surface area contributed by atoms with E-state index in [1.54, 1.807) is 25.1 Å². The van der Waals surface area contributed by atoms with E-state index >= 15 is 0 Å². The number of nitrogens with zero attached hydrogens (tertiary/aromatic N) is 1. The molecule has 0 bridgehead atoms. The second-order valence-corrected chi connectivity index (χ2v) is 6.47. The summed E-state index contributed by atoms with van der Waals surface area (Å²) in [5, 5.41) is 6.90. The molecule has 2 heterocycles. The van der Waals surface area contributed by atoms with Crippen molar-refractivity contribution in [1.29, 1.82) is 0 Å². The van der Waals surface area contributed by atoms with E-state index in [0.717, 1.165) is 30.6 Å². The fourth-order valence-electron chi connectivity index (χ4n) is 2.22. The van der Waals surface area contributed by atoms with Crippen molar-refractivity contribution in [2.75, 3.05) is 16.6 Å². The minimum atomic E-state index is -3.65. The summed E-state index contributed by atoms with van der Waals surface area (Å²) in [5.74, 6) is 0.123. The van der Waals surface area contributed by atoms with Crippen LogP contribution in [0.25, 0.3) is 0 Å². The quantitative estimate of drug-likeness (QED) is 0.905. The van der Waals surface area contributed by atoms with Gasteiger partial charge in [0, 0.05) is 18.3 Å². The van der Waals surface area contributed by atoms with Crippen LogP contribution < -0.4 is 10.0 Å². The molecule has 0 amide bonds. The highest BCUT2D eigenvalue weighted by Crippen LogP contribution is 2.26. The van der Waals surface area contributed by atoms with Gasteiger partial charge in [-0.05, 0) is 43.5 Å². The molecule has 0 saturated carbocycles. The number of aromatic nitrogens is 1. The van der Waals surface area contributed by atoms with E-state index in [2.05, 4.69) is 15.2 Å². The highest BCUT2D eigenvalue weighted by molar-refractivity contribution is 7.92. The smallest absolute Gasteiger partial charge is 0.264 e. The van der Waals surface area contributed by atoms with Crippen LogP contribution in [0.5, 0.6) is 0 Å². The van der Waals surface area contributed by atoms with Gasteiger partial charge < -0.3 is 9.84 Å². The summed E-state index contributed by atoms with van der Waals surface area (Å²) in [6, 6.07) is 6.63. The maximum atomic E-state index is 12.3. The molecular formula is C13H15N3O3S. The summed E-state index contributed by atoms with van der Waals surface area (Å²) in [5.41, 5.74) is 2.65. The summed E-state index contributed by atoms with van der Waals surface area (Å²) >= 11 is 0. The Morgan fingerprint density at radius 1 is 1.35 bits per heavy atom. The first-order valence-electron chi connectivity index (χ1n) is 6.37. The largest absolute Gasteiger partial charge is 0.385 e. The van der Waals surface area contributed by atoms with Crippen molar-refractivity contribution in [2.45, 2.75) is 24.7 Å². The predicted molar refractivity (Wildman–Crippen MR) is 75.3 cm³/mol. The topological polar surface area (TPSA) is 84.2 Å². The molecule has 0 atom stereocenters. The number of hydrogen-bond donors (Lipinski definition) is 2. The molecule has 3 rings (SSSR count). The second-order valence-electron chi connectivity index (χ2n) is 4.79. The number of rotatable bonds is 3. The number of nitrogens with one attached hydrogen (secondary N) is 2. The summed E-state index contributed by atoms with van der Waals surface area (Å²) in [6.07, 6.45) is 1.89. The van der Waals surface area contributed by atoms with Gasteiger partial charge in [0.1, 0.15) is 0 Å². The summed E-state index contributed by atoms with van der Waals surface area (Å²) < 4.78 is 31.8. The van der Waals surface area contributed by atoms with Crippen molar-refractivity contribution < 1.29 is 12.9 Å². The molecule has 0 saturated heterocycles. The number of sulfonamides is 1. The van der Waals surface area contributed by atoms with E-state index in [1.165, 1.54) is 6.07 Å². The van der Waals surface area contributed by atoms with Crippen molar-refractivity contribution in [3.63, 3.8) is 0 Å². The lowest BCUT2D eigenvalue weighted by molar-refractivity contribution is 0.430. The maximum absolute atomic E-state index is 12.3. The minimum absolute atomic E-state index is 0.123. The lowest BCUT2D eigenvalue weighted by Gasteiger charge is -2.18. The number of aryl methyl sites for hydroxylation is 2. The number of fused-ring (bicyclic) bond motifs is 1. The molecule has 1 aromatic carbocycles. The van der Waals surface area contributed by atoms with Crippen LogP contribution in [0.2, 0.25) is 0 Å². The Bertz CT molecular complexity index is 737. The Hall–Kier alpha value is -2.02. The van der Waals surface area contributed by atoms with Gasteiger partial charge in [0.25, 0.3) is 10.0 Å². The summed E-state index contributed by atoms with van der Waals surface area (Å²) in [7, 11) is -3.65. The predicted octanol–water partition coefficient (Wildman–Crippen LogP) is 2.14. The SMILES string of the molecule is Cc1cc(NS(=O)(=O)c2ccc3c(c2)CCCN3)on1. The van der Waals surface area contributed by atoms with Crippen LogP contribution in [-0.2, 0) is 16.4 Å². The van der Waals surface area contributed by atoms with Crippen LogP contribution >= 0.6 is 0 Å². The zero-order valence-corrected chi connectivity index (χ0v) is 11.8. The first-order valence-corrected chi connectivity index (χ1v) is 7.86. The number of hydrogen-bond acceptors (Lipinski definition) is 5. The Morgan fingerprint density at radius 2 is 2.20 bits per heavy atom. The molecule has 0 unspecified atom stereocenters. The van der Waals surface area contributed by atoms with Crippen molar-refractivity contribution >= 4 is 21.6 Å². The Kier molecular flexibility index (Phi) is 3.13. The van der Waals surface area contributed by atoms with E-state index in [-0.39, 0.29) is 10.8 Å². The molecule has 0 fully saturated rings. The van der Waals surface area contributed by atoms with Crippen LogP contribution in [0.4, 0.5) is 11.6 Å². The van der Waals surface area contributed by atoms with Gasteiger partial charge in [-0.1, -0.05) is 5.16 Å². The summed E-state index contributed by atoms with van der Waals surface area (Å²) in [6.45, 7) is 2.65. The number of anilines is 2. The molecule has 1 aliphatic rings. The third kappa shape index (κ3) is 2.49. The maximum Gasteiger partial charge on any atom is 0.264 e. The van der Waals surface area contributed by atoms with Crippen LogP contribution in [0.1, 0.15) is 17.7 Å². The van der Waals surface area contributed by atoms with Gasteiger partial charge >= 0.3 is 0 Å². The lowest BCUT2D eigenvalue weighted by atomic mass is 10.0. The fraction of sp³-hybridized carbons (Fsp3) is 0.308. The van der Waals surface area contributed by atoms with Crippen LogP contribution in [0.15, 0.2) is 33.7 Å². The first-order chi connectivity index (χ1) is 9.54. The van der Waals surface area contributed by atoms with Gasteiger partial charge in [-0.25, -0.2) is 13.1 Å². The van der Waals surface area contributed by atoms with Crippen molar-refractivity contribution in [1.82, 2.24) is 5.16 Å². The molecule has 0 aliphatic carbocycles. The van der Waals surface area contributed by atoms with Gasteiger partial charge in [-0.2, -0.15) is 0 Å². The standard InChI is InChI=1S/C13H15N3O3S/c1-9-7-13(19-15-9)16-20(17,18)11-4-5-12-10(8-11)3-2-6-14-12/h4-5,7-8,14,16H,2-3,6H2,1H3. The van der Waals surface area contributed by atoms with Crippen LogP contribution in [-0.4, -0.2) is 20.1 Å². The molecular weight excluding hydrogens is 278 g/mol. The molecule has 6 nitrogen and oxygen atoms in total. The molecule has 2 aromatic rings. The molecule has 7 heteroatoms. The normalized spacial score (nSPS) is 14.4. The van der Waals surface area contributed by atoms with Gasteiger partial charge in [0.2, 0.25) is 5.88 Å². The average Bonchev–Trinajstić information content (AvgIpc) is 2.83. The van der Waals surface area contributed by atoms with Crippen molar-refractivity contribution in [3.8, 4) is 0 Å². The fourth-order valence-corrected chi connectivity index (χ4v) is 3.24. The van der Waals surface area contributed by atoms with Crippen molar-refractivity contribution in [2.24, 2.45) is 0 Å². The third-order valence-electron chi connectivity index (χ3n) is 3.19. The highest BCUT2D eigenvalue weighted by atomic mass is 32.2. The highest BCUT2D eigenvalue weighted by Gasteiger charge is 2.19. The molecule has 1 aliphatic heterocycles. The van der Waals surface area contributed by atoms with E-state index in [1.807, 2.05) is 0 Å². The molecule has 106 valence electrons. The monoisotopic (exact) mass is 293 g/mol. The van der Waals surface area contributed by atoms with E-state index in [4.69, 9.17) is 4.52 Å². The van der Waals surface area contributed by atoms with Gasteiger partial charge in [-0.15, -0.1) is 0 Å². The molecule has 2 N–H and O–H groups in total. The molecule has 20 heavy (non-hydrogen) atoms. The van der Waals surface area contributed by atoms with Crippen molar-refractivity contribution in [3.05, 3.63) is 35.5 Å². The van der Waals surface area contributed by atoms with Gasteiger partial charge in [-0.3, -0.25) is 0 Å². The second kappa shape index (κ2) is 4.82. The molecule has 0 radical (unpaired) electrons. The number of benzene rings is 1. The van der Waals surface area contributed by atoms with Gasteiger partial charge in [0.05, 0.1) is 10.6 Å². The Labute approximate surface area is 117 Å².